The number of carbonyl (C=O) groups excluding carboxylic acids is 3. The molecule has 4 amide bonds. The van der Waals surface area contributed by atoms with E-state index < -0.39 is 0 Å². The second kappa shape index (κ2) is 9.26. The van der Waals surface area contributed by atoms with E-state index in [0.717, 1.165) is 11.3 Å². The lowest BCUT2D eigenvalue weighted by Crippen LogP contribution is -2.41. The molecule has 0 atom stereocenters. The van der Waals surface area contributed by atoms with Crippen LogP contribution in [0.15, 0.2) is 84.9 Å². The molecule has 0 aliphatic carbocycles. The Hall–Kier alpha value is -3.93. The number of benzene rings is 3. The van der Waals surface area contributed by atoms with Crippen LogP contribution in [-0.4, -0.2) is 35.8 Å². The summed E-state index contributed by atoms with van der Waals surface area (Å²) in [7, 11) is 0. The number of carbonyl (C=O) groups is 3. The van der Waals surface area contributed by atoms with Crippen LogP contribution >= 0.6 is 0 Å². The van der Waals surface area contributed by atoms with Crippen molar-refractivity contribution in [2.24, 2.45) is 0 Å². The molecule has 0 saturated heterocycles. The summed E-state index contributed by atoms with van der Waals surface area (Å²) in [6.07, 6.45) is 0.477. The lowest BCUT2D eigenvalue weighted by atomic mass is 10.1. The summed E-state index contributed by atoms with van der Waals surface area (Å²) in [4.78, 5) is 40.7. The van der Waals surface area contributed by atoms with Gasteiger partial charge in [0.1, 0.15) is 0 Å². The Bertz CT molecular complexity index is 1050. The molecule has 3 aromatic rings. The Balaban J connectivity index is 1.35. The topological polar surface area (TPSA) is 69.7 Å². The van der Waals surface area contributed by atoms with Crippen molar-refractivity contribution < 1.29 is 14.4 Å². The summed E-state index contributed by atoms with van der Waals surface area (Å²) in [5.74, 6) is -0.552. The van der Waals surface area contributed by atoms with Gasteiger partial charge in [-0.15, -0.1) is 0 Å². The molecule has 31 heavy (non-hydrogen) atoms. The predicted octanol–water partition coefficient (Wildman–Crippen LogP) is 4.09. The lowest BCUT2D eigenvalue weighted by molar-refractivity contribution is 0.0653. The van der Waals surface area contributed by atoms with Crippen molar-refractivity contribution in [2.75, 3.05) is 18.0 Å². The lowest BCUT2D eigenvalue weighted by Gasteiger charge is -2.24. The van der Waals surface area contributed by atoms with Gasteiger partial charge in [-0.25, -0.2) is 4.79 Å². The van der Waals surface area contributed by atoms with Gasteiger partial charge in [0, 0.05) is 18.8 Å². The van der Waals surface area contributed by atoms with Crippen molar-refractivity contribution in [1.82, 2.24) is 10.2 Å². The number of hydrogen-bond acceptors (Lipinski definition) is 3. The fourth-order valence-corrected chi connectivity index (χ4v) is 3.62. The number of imide groups is 1. The molecule has 1 N–H and O–H groups in total. The highest BCUT2D eigenvalue weighted by atomic mass is 16.2. The minimum Gasteiger partial charge on any atom is -0.338 e. The number of nitrogens with one attached hydrogen (secondary N) is 1. The van der Waals surface area contributed by atoms with E-state index >= 15 is 0 Å². The highest BCUT2D eigenvalue weighted by Crippen LogP contribution is 2.22. The number of anilines is 1. The Morgan fingerprint density at radius 3 is 1.94 bits per heavy atom. The molecule has 1 heterocycles. The first-order valence-corrected chi connectivity index (χ1v) is 10.2. The molecule has 6 heteroatoms. The molecule has 3 aromatic carbocycles. The predicted molar refractivity (Wildman–Crippen MR) is 119 cm³/mol. The molecular formula is C25H23N3O3. The van der Waals surface area contributed by atoms with Gasteiger partial charge in [0.05, 0.1) is 17.7 Å². The first kappa shape index (κ1) is 20.3. The van der Waals surface area contributed by atoms with Crippen molar-refractivity contribution in [1.29, 1.82) is 0 Å². The van der Waals surface area contributed by atoms with E-state index in [9.17, 15) is 14.4 Å². The van der Waals surface area contributed by atoms with E-state index in [0.29, 0.717) is 30.6 Å². The van der Waals surface area contributed by atoms with Crippen LogP contribution in [0.4, 0.5) is 10.5 Å². The van der Waals surface area contributed by atoms with Crippen molar-refractivity contribution in [3.05, 3.63) is 102 Å². The number of fused-ring (bicyclic) bond motifs is 1. The third kappa shape index (κ3) is 4.48. The Labute approximate surface area is 181 Å². The van der Waals surface area contributed by atoms with Crippen molar-refractivity contribution in [3.63, 3.8) is 0 Å². The third-order valence-corrected chi connectivity index (χ3v) is 5.21. The number of amides is 4. The van der Waals surface area contributed by atoms with Crippen LogP contribution in [0.3, 0.4) is 0 Å². The zero-order chi connectivity index (χ0) is 21.6. The molecule has 1 aliphatic rings. The molecule has 0 saturated carbocycles. The fourth-order valence-electron chi connectivity index (χ4n) is 3.62. The van der Waals surface area contributed by atoms with E-state index in [4.69, 9.17) is 0 Å². The molecule has 0 bridgehead atoms. The maximum Gasteiger partial charge on any atom is 0.322 e. The molecule has 6 nitrogen and oxygen atoms in total. The summed E-state index contributed by atoms with van der Waals surface area (Å²) in [5, 5.41) is 2.91. The van der Waals surface area contributed by atoms with Gasteiger partial charge in [-0.05, 0) is 36.2 Å². The van der Waals surface area contributed by atoms with Crippen LogP contribution in [0.1, 0.15) is 32.7 Å². The number of rotatable bonds is 7. The fraction of sp³-hybridized carbons (Fsp3) is 0.160. The second-order valence-corrected chi connectivity index (χ2v) is 7.30. The maximum atomic E-state index is 12.9. The van der Waals surface area contributed by atoms with Gasteiger partial charge < -0.3 is 5.32 Å². The number of para-hydroxylation sites is 1. The van der Waals surface area contributed by atoms with Gasteiger partial charge in [0.15, 0.2) is 0 Å². The molecule has 0 fully saturated rings. The van der Waals surface area contributed by atoms with Crippen LogP contribution in [0.25, 0.3) is 0 Å². The average Bonchev–Trinajstić information content (AvgIpc) is 3.06. The first-order valence-electron chi connectivity index (χ1n) is 10.2. The van der Waals surface area contributed by atoms with Crippen LogP contribution in [-0.2, 0) is 6.54 Å². The standard InChI is InChI=1S/C25H23N3O3/c29-23-21-14-7-8-15-22(21)24(30)27(23)17-9-16-26-25(31)28(20-12-5-2-6-13-20)18-19-10-3-1-4-11-19/h1-8,10-15H,9,16-18H2,(H,26,31). The number of hydrogen-bond donors (Lipinski definition) is 1. The van der Waals surface area contributed by atoms with Crippen molar-refractivity contribution in [3.8, 4) is 0 Å². The normalized spacial score (nSPS) is 12.6. The summed E-state index contributed by atoms with van der Waals surface area (Å²) >= 11 is 0. The van der Waals surface area contributed by atoms with Crippen LogP contribution in [0.2, 0.25) is 0 Å². The zero-order valence-corrected chi connectivity index (χ0v) is 17.0. The van der Waals surface area contributed by atoms with Gasteiger partial charge in [-0.3, -0.25) is 19.4 Å². The van der Waals surface area contributed by atoms with Gasteiger partial charge in [0.2, 0.25) is 0 Å². The highest BCUT2D eigenvalue weighted by Gasteiger charge is 2.34. The van der Waals surface area contributed by atoms with E-state index in [1.165, 1.54) is 4.90 Å². The molecule has 1 aliphatic heterocycles. The van der Waals surface area contributed by atoms with Gasteiger partial charge >= 0.3 is 6.03 Å². The summed E-state index contributed by atoms with van der Waals surface area (Å²) < 4.78 is 0. The summed E-state index contributed by atoms with van der Waals surface area (Å²) in [6, 6.07) is 25.9. The Morgan fingerprint density at radius 1 is 0.774 bits per heavy atom. The molecule has 0 unspecified atom stereocenters. The minimum atomic E-state index is -0.276. The monoisotopic (exact) mass is 413 g/mol. The molecule has 0 radical (unpaired) electrons. The number of nitrogens with zero attached hydrogens (tertiary/aromatic N) is 2. The van der Waals surface area contributed by atoms with E-state index in [1.807, 2.05) is 60.7 Å². The van der Waals surface area contributed by atoms with Gasteiger partial charge in [-0.2, -0.15) is 0 Å². The molecular weight excluding hydrogens is 390 g/mol. The molecule has 4 rings (SSSR count). The van der Waals surface area contributed by atoms with E-state index in [2.05, 4.69) is 5.32 Å². The number of urea groups is 1. The molecule has 0 spiro atoms. The third-order valence-electron chi connectivity index (χ3n) is 5.21. The van der Waals surface area contributed by atoms with E-state index in [1.54, 1.807) is 29.2 Å². The Kier molecular flexibility index (Phi) is 6.08. The zero-order valence-electron chi connectivity index (χ0n) is 17.0. The van der Waals surface area contributed by atoms with Crippen LogP contribution in [0, 0.1) is 0 Å². The average molecular weight is 413 g/mol. The second-order valence-electron chi connectivity index (χ2n) is 7.30. The quantitative estimate of drug-likeness (QED) is 0.469. The van der Waals surface area contributed by atoms with Crippen molar-refractivity contribution >= 4 is 23.5 Å². The van der Waals surface area contributed by atoms with Crippen LogP contribution < -0.4 is 10.2 Å². The van der Waals surface area contributed by atoms with E-state index in [-0.39, 0.29) is 24.4 Å². The Morgan fingerprint density at radius 2 is 1.32 bits per heavy atom. The molecule has 156 valence electrons. The van der Waals surface area contributed by atoms with Gasteiger partial charge in [0.25, 0.3) is 11.8 Å². The first-order chi connectivity index (χ1) is 15.1. The minimum absolute atomic E-state index is 0.225. The molecule has 0 aromatic heterocycles. The smallest absolute Gasteiger partial charge is 0.322 e. The largest absolute Gasteiger partial charge is 0.338 e. The van der Waals surface area contributed by atoms with Gasteiger partial charge in [-0.1, -0.05) is 60.7 Å². The SMILES string of the molecule is O=C1c2ccccc2C(=O)N1CCCNC(=O)N(Cc1ccccc1)c1ccccc1. The highest BCUT2D eigenvalue weighted by molar-refractivity contribution is 6.21. The maximum absolute atomic E-state index is 12.9. The van der Waals surface area contributed by atoms with Crippen molar-refractivity contribution in [2.45, 2.75) is 13.0 Å². The summed E-state index contributed by atoms with van der Waals surface area (Å²) in [6.45, 7) is 1.05. The van der Waals surface area contributed by atoms with Crippen LogP contribution in [0.5, 0.6) is 0 Å². The summed E-state index contributed by atoms with van der Waals surface area (Å²) in [5.41, 5.74) is 2.70.